The molecule has 0 aromatic rings. The quantitative estimate of drug-likeness (QED) is 0.460. The summed E-state index contributed by atoms with van der Waals surface area (Å²) in [6.45, 7) is 0. The molecule has 3 rings (SSSR count). The van der Waals surface area contributed by atoms with E-state index in [4.69, 9.17) is 0 Å². The minimum Gasteiger partial charge on any atom is -0.0879 e. The van der Waals surface area contributed by atoms with Crippen molar-refractivity contribution in [2.24, 2.45) is 10.8 Å². The Labute approximate surface area is 96.4 Å². The average molecular weight is 306 g/mol. The lowest BCUT2D eigenvalue weighted by molar-refractivity contribution is 0.231. The molecule has 2 fully saturated rings. The Bertz CT molecular complexity index is 256. The average Bonchev–Trinajstić information content (AvgIpc) is 2.61. The molecular weight excluding hydrogens is 292 g/mol. The van der Waals surface area contributed by atoms with Gasteiger partial charge in [0.1, 0.15) is 0 Å². The van der Waals surface area contributed by atoms with Crippen molar-refractivity contribution < 1.29 is 0 Å². The fourth-order valence-corrected chi connectivity index (χ4v) is 6.57. The first-order valence-corrected chi connectivity index (χ1v) is 6.78. The van der Waals surface area contributed by atoms with Crippen molar-refractivity contribution in [3.05, 3.63) is 12.2 Å². The molecular formula is C11H14Br2. The first-order chi connectivity index (χ1) is 6.16. The van der Waals surface area contributed by atoms with Crippen LogP contribution in [0.4, 0.5) is 0 Å². The molecule has 13 heavy (non-hydrogen) atoms. The van der Waals surface area contributed by atoms with Crippen molar-refractivity contribution >= 4 is 31.9 Å². The highest BCUT2D eigenvalue weighted by Gasteiger charge is 2.83. The van der Waals surface area contributed by atoms with Gasteiger partial charge in [0.15, 0.2) is 0 Å². The predicted octanol–water partition coefficient (Wildman–Crippen LogP) is 4.38. The zero-order chi connectivity index (χ0) is 9.16. The maximum absolute atomic E-state index is 3.93. The summed E-state index contributed by atoms with van der Waals surface area (Å²) in [5, 5.41) is 0. The van der Waals surface area contributed by atoms with Crippen LogP contribution >= 0.6 is 31.9 Å². The van der Waals surface area contributed by atoms with Gasteiger partial charge in [-0.3, -0.25) is 0 Å². The van der Waals surface area contributed by atoms with E-state index in [1.807, 2.05) is 0 Å². The van der Waals surface area contributed by atoms with E-state index in [0.29, 0.717) is 10.8 Å². The minimum absolute atomic E-state index is 0.264. The second-order valence-electron chi connectivity index (χ2n) is 4.83. The second-order valence-corrected chi connectivity index (χ2v) is 8.27. The highest BCUT2D eigenvalue weighted by atomic mass is 79.9. The molecule has 3 aliphatic carbocycles. The number of hydrogen-bond donors (Lipinski definition) is 0. The summed E-state index contributed by atoms with van der Waals surface area (Å²) in [4.78, 5) is 0. The SMILES string of the molecule is BrC1(Br)[C@@]23CC=CC[C@@]12CCCC3. The van der Waals surface area contributed by atoms with Gasteiger partial charge in [0.05, 0.1) is 3.23 Å². The summed E-state index contributed by atoms with van der Waals surface area (Å²) in [5.41, 5.74) is 1.12. The number of halogens is 2. The third kappa shape index (κ3) is 0.761. The topological polar surface area (TPSA) is 0 Å². The molecule has 0 amide bonds. The normalized spacial score (nSPS) is 50.9. The summed E-state index contributed by atoms with van der Waals surface area (Å²) < 4.78 is 0.264. The van der Waals surface area contributed by atoms with E-state index in [2.05, 4.69) is 44.0 Å². The largest absolute Gasteiger partial charge is 0.0935 e. The zero-order valence-electron chi connectivity index (χ0n) is 7.65. The molecule has 0 N–H and O–H groups in total. The van der Waals surface area contributed by atoms with Gasteiger partial charge in [-0.1, -0.05) is 56.9 Å². The van der Waals surface area contributed by atoms with Gasteiger partial charge < -0.3 is 0 Å². The van der Waals surface area contributed by atoms with E-state index < -0.39 is 0 Å². The molecule has 0 radical (unpaired) electrons. The molecule has 0 aliphatic heterocycles. The zero-order valence-corrected chi connectivity index (χ0v) is 10.8. The van der Waals surface area contributed by atoms with Crippen LogP contribution in [0.15, 0.2) is 12.2 Å². The van der Waals surface area contributed by atoms with Gasteiger partial charge in [0, 0.05) is 10.8 Å². The maximum Gasteiger partial charge on any atom is 0.0935 e. The van der Waals surface area contributed by atoms with Crippen LogP contribution < -0.4 is 0 Å². The fraction of sp³-hybridized carbons (Fsp3) is 0.818. The third-order valence-corrected chi connectivity index (χ3v) is 7.65. The van der Waals surface area contributed by atoms with E-state index in [1.54, 1.807) is 0 Å². The summed E-state index contributed by atoms with van der Waals surface area (Å²) in [5.74, 6) is 0. The molecule has 2 atom stereocenters. The van der Waals surface area contributed by atoms with Crippen LogP contribution in [0, 0.1) is 10.8 Å². The van der Waals surface area contributed by atoms with Gasteiger partial charge in [0.2, 0.25) is 0 Å². The van der Waals surface area contributed by atoms with Gasteiger partial charge in [-0.05, 0) is 25.7 Å². The van der Waals surface area contributed by atoms with Crippen molar-refractivity contribution in [3.63, 3.8) is 0 Å². The Kier molecular flexibility index (Phi) is 1.68. The molecule has 0 aromatic carbocycles. The summed E-state index contributed by atoms with van der Waals surface area (Å²) >= 11 is 7.86. The van der Waals surface area contributed by atoms with Crippen molar-refractivity contribution in [1.82, 2.24) is 0 Å². The molecule has 0 spiro atoms. The Morgan fingerprint density at radius 1 is 0.846 bits per heavy atom. The molecule has 0 aromatic heterocycles. The van der Waals surface area contributed by atoms with Crippen molar-refractivity contribution in [3.8, 4) is 0 Å². The molecule has 72 valence electrons. The molecule has 0 saturated heterocycles. The van der Waals surface area contributed by atoms with Crippen LogP contribution in [0.3, 0.4) is 0 Å². The molecule has 2 saturated carbocycles. The van der Waals surface area contributed by atoms with Crippen molar-refractivity contribution in [2.75, 3.05) is 0 Å². The molecule has 3 aliphatic rings. The first-order valence-electron chi connectivity index (χ1n) is 5.19. The van der Waals surface area contributed by atoms with Gasteiger partial charge in [-0.2, -0.15) is 0 Å². The third-order valence-electron chi connectivity index (χ3n) is 4.61. The summed E-state index contributed by atoms with van der Waals surface area (Å²) in [7, 11) is 0. The van der Waals surface area contributed by atoms with E-state index in [0.717, 1.165) is 0 Å². The van der Waals surface area contributed by atoms with Gasteiger partial charge >= 0.3 is 0 Å². The van der Waals surface area contributed by atoms with Crippen LogP contribution in [0.2, 0.25) is 0 Å². The van der Waals surface area contributed by atoms with E-state index in [-0.39, 0.29) is 3.23 Å². The first kappa shape index (κ1) is 8.96. The minimum atomic E-state index is 0.264. The van der Waals surface area contributed by atoms with E-state index >= 15 is 0 Å². The van der Waals surface area contributed by atoms with Crippen molar-refractivity contribution in [2.45, 2.75) is 41.8 Å². The van der Waals surface area contributed by atoms with Gasteiger partial charge in [0.25, 0.3) is 0 Å². The lowest BCUT2D eigenvalue weighted by Crippen LogP contribution is -2.20. The number of alkyl halides is 2. The number of rotatable bonds is 0. The lowest BCUT2D eigenvalue weighted by Gasteiger charge is -2.30. The maximum atomic E-state index is 3.93. The summed E-state index contributed by atoms with van der Waals surface area (Å²) in [6.07, 6.45) is 13.0. The monoisotopic (exact) mass is 304 g/mol. The number of hydrogen-bond acceptors (Lipinski definition) is 0. The summed E-state index contributed by atoms with van der Waals surface area (Å²) in [6, 6.07) is 0. The molecule has 0 nitrogen and oxygen atoms in total. The van der Waals surface area contributed by atoms with Gasteiger partial charge in [-0.15, -0.1) is 0 Å². The van der Waals surface area contributed by atoms with Crippen LogP contribution in [-0.4, -0.2) is 3.23 Å². The highest BCUT2D eigenvalue weighted by molar-refractivity contribution is 9.25. The molecule has 0 bridgehead atoms. The van der Waals surface area contributed by atoms with Gasteiger partial charge in [-0.25, -0.2) is 0 Å². The lowest BCUT2D eigenvalue weighted by atomic mass is 9.73. The van der Waals surface area contributed by atoms with Crippen LogP contribution in [0.1, 0.15) is 38.5 Å². The Hall–Kier alpha value is 0.700. The second kappa shape index (κ2) is 2.44. The van der Waals surface area contributed by atoms with E-state index in [9.17, 15) is 0 Å². The van der Waals surface area contributed by atoms with Crippen LogP contribution in [-0.2, 0) is 0 Å². The number of allylic oxidation sites excluding steroid dienone is 2. The Morgan fingerprint density at radius 2 is 1.31 bits per heavy atom. The van der Waals surface area contributed by atoms with Crippen LogP contribution in [0.25, 0.3) is 0 Å². The fourth-order valence-electron chi connectivity index (χ4n) is 3.81. The standard InChI is InChI=1S/C11H14Br2/c12-11(13)9-5-1-2-6-10(9,11)8-4-3-7-9/h1-2H,3-8H2/t9-,10+. The van der Waals surface area contributed by atoms with Crippen LogP contribution in [0.5, 0.6) is 0 Å². The van der Waals surface area contributed by atoms with Crippen molar-refractivity contribution in [1.29, 1.82) is 0 Å². The van der Waals surface area contributed by atoms with E-state index in [1.165, 1.54) is 38.5 Å². The molecule has 2 heteroatoms. The molecule has 0 unspecified atom stereocenters. The Balaban J connectivity index is 2.07. The smallest absolute Gasteiger partial charge is 0.0879 e. The highest BCUT2D eigenvalue weighted by Crippen LogP contribution is 2.88. The molecule has 0 heterocycles. The predicted molar refractivity (Wildman–Crippen MR) is 62.3 cm³/mol. The Morgan fingerprint density at radius 3 is 1.77 bits per heavy atom.